The summed E-state index contributed by atoms with van der Waals surface area (Å²) in [5, 5.41) is 0. The van der Waals surface area contributed by atoms with Crippen LogP contribution in [0.2, 0.25) is 0 Å². The number of nitrogens with two attached hydrogens (primary N) is 1. The van der Waals surface area contributed by atoms with Gasteiger partial charge in [0.1, 0.15) is 0 Å². The molecule has 5 nitrogen and oxygen atoms in total. The average molecular weight is 312 g/mol. The maximum Gasteiger partial charge on any atom is 0.216 e. The molecule has 0 aromatic heterocycles. The van der Waals surface area contributed by atoms with Crippen LogP contribution in [0.4, 0.5) is 5.69 Å². The van der Waals surface area contributed by atoms with Gasteiger partial charge >= 0.3 is 0 Å². The van der Waals surface area contributed by atoms with E-state index in [-0.39, 0.29) is 11.9 Å². The first-order chi connectivity index (χ1) is 10.0. The second-order valence-corrected chi connectivity index (χ2v) is 7.51. The lowest BCUT2D eigenvalue weighted by Crippen LogP contribution is -2.36. The lowest BCUT2D eigenvalue weighted by Gasteiger charge is -2.23. The highest BCUT2D eigenvalue weighted by Gasteiger charge is 2.28. The van der Waals surface area contributed by atoms with Crippen molar-refractivity contribution in [2.45, 2.75) is 38.8 Å². The summed E-state index contributed by atoms with van der Waals surface area (Å²) in [6.45, 7) is 3.54. The van der Waals surface area contributed by atoms with E-state index in [9.17, 15) is 8.42 Å². The standard InChI is InChI=1S/C15H24N2O3S/c1-2-8-17(11-13-5-3-6-14(16)10-13)21(18,19)12-15-7-4-9-20-15/h3,5-6,10,15H,2,4,7-9,11-12,16H2,1H3. The van der Waals surface area contributed by atoms with Gasteiger partial charge in [-0.15, -0.1) is 0 Å². The van der Waals surface area contributed by atoms with E-state index in [1.165, 1.54) is 0 Å². The molecule has 21 heavy (non-hydrogen) atoms. The topological polar surface area (TPSA) is 72.6 Å². The van der Waals surface area contributed by atoms with Crippen LogP contribution in [-0.2, 0) is 21.3 Å². The summed E-state index contributed by atoms with van der Waals surface area (Å²) in [4.78, 5) is 0. The third-order valence-corrected chi connectivity index (χ3v) is 5.49. The van der Waals surface area contributed by atoms with Crippen LogP contribution >= 0.6 is 0 Å². The first-order valence-corrected chi connectivity index (χ1v) is 9.06. The molecule has 1 aromatic rings. The van der Waals surface area contributed by atoms with Crippen molar-refractivity contribution >= 4 is 15.7 Å². The zero-order chi connectivity index (χ0) is 15.3. The van der Waals surface area contributed by atoms with E-state index in [2.05, 4.69) is 0 Å². The fraction of sp³-hybridized carbons (Fsp3) is 0.600. The minimum Gasteiger partial charge on any atom is -0.399 e. The van der Waals surface area contributed by atoms with Crippen molar-refractivity contribution in [2.75, 3.05) is 24.6 Å². The molecule has 1 saturated heterocycles. The molecule has 1 aliphatic heterocycles. The smallest absolute Gasteiger partial charge is 0.216 e. The first kappa shape index (κ1) is 16.3. The predicted octanol–water partition coefficient (Wildman–Crippen LogP) is 1.99. The van der Waals surface area contributed by atoms with E-state index in [4.69, 9.17) is 10.5 Å². The van der Waals surface area contributed by atoms with E-state index in [1.54, 1.807) is 10.4 Å². The summed E-state index contributed by atoms with van der Waals surface area (Å²) in [5.41, 5.74) is 7.33. The fourth-order valence-electron chi connectivity index (χ4n) is 2.58. The number of anilines is 1. The van der Waals surface area contributed by atoms with Crippen LogP contribution in [0.15, 0.2) is 24.3 Å². The number of hydrogen-bond acceptors (Lipinski definition) is 4. The van der Waals surface area contributed by atoms with Crippen molar-refractivity contribution in [3.05, 3.63) is 29.8 Å². The Morgan fingerprint density at radius 1 is 1.43 bits per heavy atom. The van der Waals surface area contributed by atoms with Gasteiger partial charge in [-0.3, -0.25) is 0 Å². The minimum atomic E-state index is -3.31. The van der Waals surface area contributed by atoms with Crippen LogP contribution in [0.5, 0.6) is 0 Å². The average Bonchev–Trinajstić information content (AvgIpc) is 2.90. The lowest BCUT2D eigenvalue weighted by atomic mass is 10.2. The monoisotopic (exact) mass is 312 g/mol. The maximum absolute atomic E-state index is 12.6. The molecule has 0 spiro atoms. The molecule has 0 bridgehead atoms. The van der Waals surface area contributed by atoms with E-state index >= 15 is 0 Å². The van der Waals surface area contributed by atoms with Gasteiger partial charge in [0.2, 0.25) is 10.0 Å². The number of sulfonamides is 1. The molecule has 1 heterocycles. The van der Waals surface area contributed by atoms with Crippen molar-refractivity contribution in [1.82, 2.24) is 4.31 Å². The van der Waals surface area contributed by atoms with Crippen molar-refractivity contribution < 1.29 is 13.2 Å². The zero-order valence-corrected chi connectivity index (χ0v) is 13.3. The third-order valence-electron chi connectivity index (χ3n) is 3.60. The van der Waals surface area contributed by atoms with Gasteiger partial charge in [-0.1, -0.05) is 19.1 Å². The predicted molar refractivity (Wildman–Crippen MR) is 84.3 cm³/mol. The highest BCUT2D eigenvalue weighted by molar-refractivity contribution is 7.89. The van der Waals surface area contributed by atoms with Crippen LogP contribution in [0.25, 0.3) is 0 Å². The Balaban J connectivity index is 2.09. The number of rotatable bonds is 7. The van der Waals surface area contributed by atoms with E-state index in [1.807, 2.05) is 25.1 Å². The van der Waals surface area contributed by atoms with Crippen LogP contribution in [0.1, 0.15) is 31.7 Å². The number of hydrogen-bond donors (Lipinski definition) is 1. The molecule has 2 N–H and O–H groups in total. The van der Waals surface area contributed by atoms with Crippen LogP contribution in [0.3, 0.4) is 0 Å². The molecule has 0 saturated carbocycles. The molecule has 1 unspecified atom stereocenters. The molecular weight excluding hydrogens is 288 g/mol. The number of nitrogen functional groups attached to an aromatic ring is 1. The molecule has 0 radical (unpaired) electrons. The normalized spacial score (nSPS) is 19.2. The van der Waals surface area contributed by atoms with E-state index in [0.29, 0.717) is 25.4 Å². The van der Waals surface area contributed by atoms with Gasteiger partial charge in [-0.05, 0) is 37.0 Å². The summed E-state index contributed by atoms with van der Waals surface area (Å²) in [6.07, 6.45) is 2.41. The Labute approximate surface area is 127 Å². The molecule has 0 aliphatic carbocycles. The van der Waals surface area contributed by atoms with Gasteiger partial charge in [-0.25, -0.2) is 8.42 Å². The Hall–Kier alpha value is -1.11. The zero-order valence-electron chi connectivity index (χ0n) is 12.5. The summed E-state index contributed by atoms with van der Waals surface area (Å²) in [6, 6.07) is 7.38. The summed E-state index contributed by atoms with van der Waals surface area (Å²) in [7, 11) is -3.31. The molecule has 1 fully saturated rings. The highest BCUT2D eigenvalue weighted by Crippen LogP contribution is 2.18. The van der Waals surface area contributed by atoms with Gasteiger partial charge in [0.25, 0.3) is 0 Å². The number of ether oxygens (including phenoxy) is 1. The van der Waals surface area contributed by atoms with Gasteiger partial charge in [0.15, 0.2) is 0 Å². The second-order valence-electron chi connectivity index (χ2n) is 5.49. The lowest BCUT2D eigenvalue weighted by molar-refractivity contribution is 0.126. The highest BCUT2D eigenvalue weighted by atomic mass is 32.2. The Bertz CT molecular complexity index is 554. The molecule has 1 aromatic carbocycles. The molecule has 1 aliphatic rings. The molecule has 6 heteroatoms. The summed E-state index contributed by atoms with van der Waals surface area (Å²) < 4.78 is 32.2. The van der Waals surface area contributed by atoms with E-state index in [0.717, 1.165) is 24.8 Å². The molecule has 118 valence electrons. The Morgan fingerprint density at radius 3 is 2.86 bits per heavy atom. The van der Waals surface area contributed by atoms with Crippen LogP contribution in [0, 0.1) is 0 Å². The maximum atomic E-state index is 12.6. The number of benzene rings is 1. The first-order valence-electron chi connectivity index (χ1n) is 7.45. The fourth-order valence-corrected chi connectivity index (χ4v) is 4.33. The van der Waals surface area contributed by atoms with Crippen molar-refractivity contribution in [3.8, 4) is 0 Å². The van der Waals surface area contributed by atoms with Crippen molar-refractivity contribution in [1.29, 1.82) is 0 Å². The van der Waals surface area contributed by atoms with Gasteiger partial charge in [-0.2, -0.15) is 4.31 Å². The van der Waals surface area contributed by atoms with Crippen LogP contribution < -0.4 is 5.73 Å². The molecule has 1 atom stereocenters. The molecular formula is C15H24N2O3S. The largest absolute Gasteiger partial charge is 0.399 e. The van der Waals surface area contributed by atoms with Crippen LogP contribution in [-0.4, -0.2) is 37.7 Å². The van der Waals surface area contributed by atoms with Gasteiger partial charge < -0.3 is 10.5 Å². The second kappa shape index (κ2) is 7.24. The van der Waals surface area contributed by atoms with Gasteiger partial charge in [0.05, 0.1) is 11.9 Å². The van der Waals surface area contributed by atoms with E-state index < -0.39 is 10.0 Å². The Morgan fingerprint density at radius 2 is 2.24 bits per heavy atom. The molecule has 2 rings (SSSR count). The van der Waals surface area contributed by atoms with Crippen molar-refractivity contribution in [3.63, 3.8) is 0 Å². The van der Waals surface area contributed by atoms with Crippen molar-refractivity contribution in [2.24, 2.45) is 0 Å². The van der Waals surface area contributed by atoms with Gasteiger partial charge in [0, 0.05) is 25.4 Å². The summed E-state index contributed by atoms with van der Waals surface area (Å²) >= 11 is 0. The molecule has 0 amide bonds. The number of nitrogens with zero attached hydrogens (tertiary/aromatic N) is 1. The Kier molecular flexibility index (Phi) is 5.61. The minimum absolute atomic E-state index is 0.0787. The third kappa shape index (κ3) is 4.69. The SMILES string of the molecule is CCCN(Cc1cccc(N)c1)S(=O)(=O)CC1CCCO1. The quantitative estimate of drug-likeness (QED) is 0.782. The summed E-state index contributed by atoms with van der Waals surface area (Å²) in [5.74, 6) is 0.0787.